The van der Waals surface area contributed by atoms with Crippen LogP contribution in [0.15, 0.2) is 47.7 Å². The molecular formula is C17H23NO3. The SMILES string of the molecule is C[C@H](Cc1ccc(O)cc1)NC[C@@H](O)C1=CC=C(O)CC1. The summed E-state index contributed by atoms with van der Waals surface area (Å²) in [5, 5.41) is 32.0. The number of aromatic hydroxyl groups is 1. The van der Waals surface area contributed by atoms with Crippen molar-refractivity contribution in [2.24, 2.45) is 0 Å². The minimum absolute atomic E-state index is 0.234. The molecule has 4 N–H and O–H groups in total. The lowest BCUT2D eigenvalue weighted by Gasteiger charge is -2.21. The first-order valence-corrected chi connectivity index (χ1v) is 7.32. The van der Waals surface area contributed by atoms with E-state index in [9.17, 15) is 15.3 Å². The summed E-state index contributed by atoms with van der Waals surface area (Å²) in [7, 11) is 0. The van der Waals surface area contributed by atoms with Gasteiger partial charge < -0.3 is 20.6 Å². The second-order valence-electron chi connectivity index (χ2n) is 5.60. The molecule has 2 atom stereocenters. The molecule has 0 radical (unpaired) electrons. The van der Waals surface area contributed by atoms with Crippen LogP contribution in [0.1, 0.15) is 25.3 Å². The fourth-order valence-corrected chi connectivity index (χ4v) is 2.42. The Balaban J connectivity index is 1.78. The fraction of sp³-hybridized carbons (Fsp3) is 0.412. The van der Waals surface area contributed by atoms with Crippen LogP contribution in [0.25, 0.3) is 0 Å². The molecule has 0 aromatic heterocycles. The van der Waals surface area contributed by atoms with Crippen molar-refractivity contribution >= 4 is 0 Å². The number of hydrogen-bond acceptors (Lipinski definition) is 4. The third-order valence-corrected chi connectivity index (χ3v) is 3.73. The van der Waals surface area contributed by atoms with Gasteiger partial charge in [-0.05, 0) is 49.1 Å². The molecule has 1 aliphatic rings. The lowest BCUT2D eigenvalue weighted by Crippen LogP contribution is -2.36. The van der Waals surface area contributed by atoms with E-state index in [1.807, 2.05) is 12.1 Å². The lowest BCUT2D eigenvalue weighted by atomic mass is 9.98. The standard InChI is InChI=1S/C17H23NO3/c1-12(10-13-2-6-15(19)7-3-13)18-11-17(21)14-4-8-16(20)9-5-14/h2-4,6-8,12,17-21H,5,9-11H2,1H3/t12-,17-/m1/s1. The summed E-state index contributed by atoms with van der Waals surface area (Å²) in [5.41, 5.74) is 2.10. The highest BCUT2D eigenvalue weighted by Gasteiger charge is 2.15. The Bertz CT molecular complexity index is 519. The predicted molar refractivity (Wildman–Crippen MR) is 83.3 cm³/mol. The van der Waals surface area contributed by atoms with E-state index < -0.39 is 6.10 Å². The summed E-state index contributed by atoms with van der Waals surface area (Å²) in [6.45, 7) is 2.57. The van der Waals surface area contributed by atoms with Crippen molar-refractivity contribution in [3.63, 3.8) is 0 Å². The molecule has 0 bridgehead atoms. The van der Waals surface area contributed by atoms with Crippen molar-refractivity contribution in [1.82, 2.24) is 5.32 Å². The normalized spacial score (nSPS) is 17.8. The number of aliphatic hydroxyl groups is 2. The predicted octanol–water partition coefficient (Wildman–Crippen LogP) is 2.44. The Labute approximate surface area is 125 Å². The van der Waals surface area contributed by atoms with Crippen LogP contribution in [0.2, 0.25) is 0 Å². The number of phenols is 1. The zero-order valence-electron chi connectivity index (χ0n) is 12.3. The molecule has 1 aliphatic carbocycles. The van der Waals surface area contributed by atoms with Crippen molar-refractivity contribution < 1.29 is 15.3 Å². The van der Waals surface area contributed by atoms with Gasteiger partial charge >= 0.3 is 0 Å². The molecule has 114 valence electrons. The Morgan fingerprint density at radius 2 is 1.81 bits per heavy atom. The average molecular weight is 289 g/mol. The van der Waals surface area contributed by atoms with Gasteiger partial charge in [0.2, 0.25) is 0 Å². The largest absolute Gasteiger partial charge is 0.512 e. The minimum atomic E-state index is -0.517. The number of hydrogen-bond donors (Lipinski definition) is 4. The van der Waals surface area contributed by atoms with Gasteiger partial charge in [-0.25, -0.2) is 0 Å². The Kier molecular flexibility index (Phi) is 5.42. The van der Waals surface area contributed by atoms with Crippen LogP contribution >= 0.6 is 0 Å². The summed E-state index contributed by atoms with van der Waals surface area (Å²) in [6.07, 6.45) is 5.09. The summed E-state index contributed by atoms with van der Waals surface area (Å²) >= 11 is 0. The van der Waals surface area contributed by atoms with E-state index in [2.05, 4.69) is 12.2 Å². The van der Waals surface area contributed by atoms with E-state index in [0.717, 1.165) is 17.6 Å². The summed E-state index contributed by atoms with van der Waals surface area (Å²) in [4.78, 5) is 0. The molecule has 1 aromatic carbocycles. The van der Waals surface area contributed by atoms with Crippen LogP contribution in [-0.2, 0) is 6.42 Å². The first kappa shape index (κ1) is 15.6. The van der Waals surface area contributed by atoms with Gasteiger partial charge in [0.1, 0.15) is 5.75 Å². The maximum atomic E-state index is 10.1. The van der Waals surface area contributed by atoms with E-state index in [4.69, 9.17) is 0 Å². The monoisotopic (exact) mass is 289 g/mol. The Hall–Kier alpha value is -1.78. The summed E-state index contributed by atoms with van der Waals surface area (Å²) < 4.78 is 0. The maximum Gasteiger partial charge on any atom is 0.115 e. The third kappa shape index (κ3) is 4.92. The van der Waals surface area contributed by atoms with E-state index in [1.54, 1.807) is 24.3 Å². The zero-order chi connectivity index (χ0) is 15.2. The summed E-state index contributed by atoms with van der Waals surface area (Å²) in [5.74, 6) is 0.648. The molecule has 4 heteroatoms. The lowest BCUT2D eigenvalue weighted by molar-refractivity contribution is 0.196. The Morgan fingerprint density at radius 3 is 2.43 bits per heavy atom. The van der Waals surface area contributed by atoms with Gasteiger partial charge in [0.25, 0.3) is 0 Å². The summed E-state index contributed by atoms with van der Waals surface area (Å²) in [6, 6.07) is 7.41. The van der Waals surface area contributed by atoms with E-state index in [1.165, 1.54) is 0 Å². The highest BCUT2D eigenvalue weighted by molar-refractivity contribution is 5.26. The fourth-order valence-electron chi connectivity index (χ4n) is 2.42. The molecule has 0 spiro atoms. The quantitative estimate of drug-likeness (QED) is 0.649. The number of benzene rings is 1. The first-order chi connectivity index (χ1) is 10.0. The molecule has 0 saturated heterocycles. The molecule has 0 unspecified atom stereocenters. The van der Waals surface area contributed by atoms with Gasteiger partial charge in [-0.3, -0.25) is 0 Å². The third-order valence-electron chi connectivity index (χ3n) is 3.73. The molecule has 2 rings (SSSR count). The van der Waals surface area contributed by atoms with Crippen LogP contribution in [-0.4, -0.2) is 34.0 Å². The second-order valence-corrected chi connectivity index (χ2v) is 5.60. The molecule has 0 amide bonds. The minimum Gasteiger partial charge on any atom is -0.512 e. The number of allylic oxidation sites excluding steroid dienone is 3. The van der Waals surface area contributed by atoms with Crippen LogP contribution in [0, 0.1) is 0 Å². The van der Waals surface area contributed by atoms with Crippen molar-refractivity contribution in [2.45, 2.75) is 38.3 Å². The van der Waals surface area contributed by atoms with Crippen LogP contribution in [0.4, 0.5) is 0 Å². The number of rotatable bonds is 6. The molecule has 0 fully saturated rings. The van der Waals surface area contributed by atoms with Crippen molar-refractivity contribution in [3.8, 4) is 5.75 Å². The van der Waals surface area contributed by atoms with Gasteiger partial charge in [-0.2, -0.15) is 0 Å². The number of aliphatic hydroxyl groups excluding tert-OH is 2. The van der Waals surface area contributed by atoms with Crippen molar-refractivity contribution in [2.75, 3.05) is 6.54 Å². The zero-order valence-corrected chi connectivity index (χ0v) is 12.3. The smallest absolute Gasteiger partial charge is 0.115 e. The van der Waals surface area contributed by atoms with Gasteiger partial charge in [-0.15, -0.1) is 0 Å². The number of nitrogens with one attached hydrogen (secondary N) is 1. The van der Waals surface area contributed by atoms with E-state index in [0.29, 0.717) is 25.1 Å². The molecule has 1 aromatic rings. The molecule has 0 saturated carbocycles. The van der Waals surface area contributed by atoms with E-state index in [-0.39, 0.29) is 11.8 Å². The maximum absolute atomic E-state index is 10.1. The van der Waals surface area contributed by atoms with Gasteiger partial charge in [0, 0.05) is 19.0 Å². The van der Waals surface area contributed by atoms with Crippen molar-refractivity contribution in [3.05, 3.63) is 53.3 Å². The van der Waals surface area contributed by atoms with Gasteiger partial charge in [0.15, 0.2) is 0 Å². The van der Waals surface area contributed by atoms with Crippen LogP contribution < -0.4 is 5.32 Å². The second kappa shape index (κ2) is 7.29. The molecule has 21 heavy (non-hydrogen) atoms. The average Bonchev–Trinajstić information content (AvgIpc) is 2.48. The number of phenolic OH excluding ortho intramolecular Hbond substituents is 1. The van der Waals surface area contributed by atoms with Gasteiger partial charge in [-0.1, -0.05) is 18.2 Å². The highest BCUT2D eigenvalue weighted by atomic mass is 16.3. The van der Waals surface area contributed by atoms with Gasteiger partial charge in [0.05, 0.1) is 11.9 Å². The van der Waals surface area contributed by atoms with Crippen LogP contribution in [0.3, 0.4) is 0 Å². The van der Waals surface area contributed by atoms with E-state index >= 15 is 0 Å². The van der Waals surface area contributed by atoms with Crippen LogP contribution in [0.5, 0.6) is 5.75 Å². The van der Waals surface area contributed by atoms with Crippen molar-refractivity contribution in [1.29, 1.82) is 0 Å². The molecule has 4 nitrogen and oxygen atoms in total. The first-order valence-electron chi connectivity index (χ1n) is 7.32. The molecule has 0 heterocycles. The topological polar surface area (TPSA) is 72.7 Å². The Morgan fingerprint density at radius 1 is 1.10 bits per heavy atom. The molecule has 0 aliphatic heterocycles. The molecular weight excluding hydrogens is 266 g/mol. The highest BCUT2D eigenvalue weighted by Crippen LogP contribution is 2.19.